The van der Waals surface area contributed by atoms with Crippen LogP contribution in [-0.2, 0) is 25.3 Å². The molecule has 1 aromatic rings. The molecule has 0 amide bonds. The van der Waals surface area contributed by atoms with Crippen molar-refractivity contribution >= 4 is 11.6 Å². The second-order valence-electron chi connectivity index (χ2n) is 5.75. The Labute approximate surface area is 110 Å². The van der Waals surface area contributed by atoms with Crippen LogP contribution in [0.3, 0.4) is 0 Å². The van der Waals surface area contributed by atoms with Crippen molar-refractivity contribution in [3.05, 3.63) is 17.0 Å². The largest absolute Gasteiger partial charge is 0.269 e. The van der Waals surface area contributed by atoms with Gasteiger partial charge in [0.05, 0.1) is 11.6 Å². The van der Waals surface area contributed by atoms with Crippen LogP contribution in [0.4, 0.5) is 0 Å². The van der Waals surface area contributed by atoms with Crippen LogP contribution < -0.4 is 0 Å². The van der Waals surface area contributed by atoms with E-state index in [1.54, 1.807) is 0 Å². The number of hydrogen-bond donors (Lipinski definition) is 0. The third kappa shape index (κ3) is 3.74. The van der Waals surface area contributed by atoms with Crippen LogP contribution >= 0.6 is 11.6 Å². The molecule has 0 atom stereocenters. The number of aromatic nitrogens is 2. The van der Waals surface area contributed by atoms with Gasteiger partial charge in [-0.25, -0.2) is 0 Å². The summed E-state index contributed by atoms with van der Waals surface area (Å²) in [4.78, 5) is 0. The first-order valence-electron chi connectivity index (χ1n) is 6.56. The third-order valence-corrected chi connectivity index (χ3v) is 3.39. The Kier molecular flexibility index (Phi) is 5.05. The van der Waals surface area contributed by atoms with Gasteiger partial charge in [-0.15, -0.1) is 11.6 Å². The monoisotopic (exact) mass is 256 g/mol. The third-order valence-electron chi connectivity index (χ3n) is 3.13. The zero-order valence-electron chi connectivity index (χ0n) is 11.8. The fourth-order valence-electron chi connectivity index (χ4n) is 2.05. The van der Waals surface area contributed by atoms with E-state index in [1.165, 1.54) is 17.0 Å². The number of hydrogen-bond acceptors (Lipinski definition) is 1. The zero-order valence-corrected chi connectivity index (χ0v) is 12.6. The molecule has 0 N–H and O–H groups in total. The van der Waals surface area contributed by atoms with Crippen molar-refractivity contribution in [1.29, 1.82) is 0 Å². The van der Waals surface area contributed by atoms with Gasteiger partial charge < -0.3 is 0 Å². The molecule has 0 aliphatic carbocycles. The lowest BCUT2D eigenvalue weighted by Crippen LogP contribution is -2.13. The van der Waals surface area contributed by atoms with Crippen LogP contribution in [0.2, 0.25) is 0 Å². The van der Waals surface area contributed by atoms with Crippen molar-refractivity contribution < 1.29 is 0 Å². The average Bonchev–Trinajstić information content (AvgIpc) is 2.62. The van der Waals surface area contributed by atoms with Gasteiger partial charge in [0, 0.05) is 17.8 Å². The number of aryl methyl sites for hydroxylation is 2. The van der Waals surface area contributed by atoms with E-state index in [4.69, 9.17) is 16.7 Å². The van der Waals surface area contributed by atoms with Crippen molar-refractivity contribution in [2.45, 2.75) is 66.3 Å². The predicted molar refractivity (Wildman–Crippen MR) is 74.6 cm³/mol. The van der Waals surface area contributed by atoms with E-state index < -0.39 is 0 Å². The average molecular weight is 257 g/mol. The molecule has 17 heavy (non-hydrogen) atoms. The minimum Gasteiger partial charge on any atom is -0.269 e. The molecule has 0 aliphatic rings. The highest BCUT2D eigenvalue weighted by atomic mass is 35.5. The Bertz CT molecular complexity index is 361. The van der Waals surface area contributed by atoms with Gasteiger partial charge >= 0.3 is 0 Å². The Morgan fingerprint density at radius 3 is 2.24 bits per heavy atom. The van der Waals surface area contributed by atoms with E-state index in [0.29, 0.717) is 11.3 Å². The SMILES string of the molecule is CCc1nn(CCC(C)(C)C)c(CC)c1CCl. The Hall–Kier alpha value is -0.500. The summed E-state index contributed by atoms with van der Waals surface area (Å²) >= 11 is 6.04. The van der Waals surface area contributed by atoms with Crippen LogP contribution in [-0.4, -0.2) is 9.78 Å². The van der Waals surface area contributed by atoms with Crippen LogP contribution in [0, 0.1) is 5.41 Å². The smallest absolute Gasteiger partial charge is 0.0668 e. The fraction of sp³-hybridized carbons (Fsp3) is 0.786. The van der Waals surface area contributed by atoms with Gasteiger partial charge in [0.1, 0.15) is 0 Å². The van der Waals surface area contributed by atoms with E-state index in [-0.39, 0.29) is 0 Å². The summed E-state index contributed by atoms with van der Waals surface area (Å²) in [6.07, 6.45) is 3.13. The summed E-state index contributed by atoms with van der Waals surface area (Å²) in [7, 11) is 0. The van der Waals surface area contributed by atoms with Crippen LogP contribution in [0.5, 0.6) is 0 Å². The minimum atomic E-state index is 0.352. The lowest BCUT2D eigenvalue weighted by atomic mass is 9.92. The molecule has 2 nitrogen and oxygen atoms in total. The maximum absolute atomic E-state index is 6.04. The molecule has 0 aliphatic heterocycles. The quantitative estimate of drug-likeness (QED) is 0.723. The topological polar surface area (TPSA) is 17.8 Å². The van der Waals surface area contributed by atoms with Crippen molar-refractivity contribution in [2.75, 3.05) is 0 Å². The van der Waals surface area contributed by atoms with E-state index in [9.17, 15) is 0 Å². The van der Waals surface area contributed by atoms with E-state index in [0.717, 1.165) is 25.8 Å². The summed E-state index contributed by atoms with van der Waals surface area (Å²) in [5.41, 5.74) is 4.10. The van der Waals surface area contributed by atoms with Crippen LogP contribution in [0.15, 0.2) is 0 Å². The molecule has 0 spiro atoms. The first kappa shape index (κ1) is 14.6. The number of halogens is 1. The molecule has 1 aromatic heterocycles. The molecule has 0 saturated carbocycles. The molecule has 1 rings (SSSR count). The molecule has 3 heteroatoms. The van der Waals surface area contributed by atoms with E-state index in [1.807, 2.05) is 0 Å². The summed E-state index contributed by atoms with van der Waals surface area (Å²) < 4.78 is 2.17. The maximum atomic E-state index is 6.04. The molecule has 0 aromatic carbocycles. The first-order valence-corrected chi connectivity index (χ1v) is 7.09. The van der Waals surface area contributed by atoms with Crippen molar-refractivity contribution in [1.82, 2.24) is 9.78 Å². The Balaban J connectivity index is 2.95. The molecule has 0 unspecified atom stereocenters. The van der Waals surface area contributed by atoms with Crippen LogP contribution in [0.25, 0.3) is 0 Å². The van der Waals surface area contributed by atoms with Gasteiger partial charge in [0.25, 0.3) is 0 Å². The molecule has 0 radical (unpaired) electrons. The molecular formula is C14H25ClN2. The summed E-state index contributed by atoms with van der Waals surface area (Å²) in [6, 6.07) is 0. The summed E-state index contributed by atoms with van der Waals surface area (Å²) in [5, 5.41) is 4.71. The predicted octanol–water partition coefficient (Wildman–Crippen LogP) is 4.18. The van der Waals surface area contributed by atoms with Crippen LogP contribution in [0.1, 0.15) is 58.0 Å². The van der Waals surface area contributed by atoms with E-state index >= 15 is 0 Å². The molecule has 0 saturated heterocycles. The van der Waals surface area contributed by atoms with Crippen molar-refractivity contribution in [3.63, 3.8) is 0 Å². The number of rotatable bonds is 5. The zero-order chi connectivity index (χ0) is 13.1. The maximum Gasteiger partial charge on any atom is 0.0668 e. The lowest BCUT2D eigenvalue weighted by Gasteiger charge is -2.18. The molecule has 0 fully saturated rings. The van der Waals surface area contributed by atoms with Gasteiger partial charge in [0.15, 0.2) is 0 Å². The second-order valence-corrected chi connectivity index (χ2v) is 6.01. The van der Waals surface area contributed by atoms with Crippen molar-refractivity contribution in [2.24, 2.45) is 5.41 Å². The highest BCUT2D eigenvalue weighted by Gasteiger charge is 2.16. The van der Waals surface area contributed by atoms with Crippen molar-refractivity contribution in [3.8, 4) is 0 Å². The first-order chi connectivity index (χ1) is 7.92. The van der Waals surface area contributed by atoms with Gasteiger partial charge in [0.2, 0.25) is 0 Å². The number of nitrogens with zero attached hydrogens (tertiary/aromatic N) is 2. The van der Waals surface area contributed by atoms with Gasteiger partial charge in [-0.3, -0.25) is 4.68 Å². The standard InChI is InChI=1S/C14H25ClN2/c1-6-12-11(10-15)13(7-2)17(16-12)9-8-14(3,4)5/h6-10H2,1-5H3. The highest BCUT2D eigenvalue weighted by molar-refractivity contribution is 6.17. The summed E-state index contributed by atoms with van der Waals surface area (Å²) in [6.45, 7) is 12.1. The fourth-order valence-corrected chi connectivity index (χ4v) is 2.36. The minimum absolute atomic E-state index is 0.352. The lowest BCUT2D eigenvalue weighted by molar-refractivity contribution is 0.337. The second kappa shape index (κ2) is 5.90. The molecular weight excluding hydrogens is 232 g/mol. The molecule has 1 heterocycles. The van der Waals surface area contributed by atoms with E-state index in [2.05, 4.69) is 39.3 Å². The number of alkyl halides is 1. The Morgan fingerprint density at radius 1 is 1.18 bits per heavy atom. The van der Waals surface area contributed by atoms with Gasteiger partial charge in [-0.05, 0) is 24.7 Å². The van der Waals surface area contributed by atoms with Gasteiger partial charge in [-0.2, -0.15) is 5.10 Å². The highest BCUT2D eigenvalue weighted by Crippen LogP contribution is 2.23. The molecule has 98 valence electrons. The molecule has 0 bridgehead atoms. The summed E-state index contributed by atoms with van der Waals surface area (Å²) in [5.74, 6) is 0.585. The Morgan fingerprint density at radius 2 is 1.82 bits per heavy atom. The normalized spacial score (nSPS) is 12.1. The van der Waals surface area contributed by atoms with Gasteiger partial charge in [-0.1, -0.05) is 34.6 Å².